The Morgan fingerprint density at radius 3 is 2.33 bits per heavy atom. The van der Waals surface area contributed by atoms with E-state index in [2.05, 4.69) is 47.5 Å². The van der Waals surface area contributed by atoms with Gasteiger partial charge < -0.3 is 14.9 Å². The number of Topliss-reactive ketones (excluding diaryl/α,β-unsaturated/α-hetero) is 1. The highest BCUT2D eigenvalue weighted by molar-refractivity contribution is 5.84. The van der Waals surface area contributed by atoms with E-state index >= 15 is 0 Å². The summed E-state index contributed by atoms with van der Waals surface area (Å²) in [6.45, 7) is 10.5. The molecular formula is C28H42O5. The summed E-state index contributed by atoms with van der Waals surface area (Å²) in [4.78, 5) is 21.8. The summed E-state index contributed by atoms with van der Waals surface area (Å²) in [6.07, 6.45) is 17.0. The third-order valence-corrected chi connectivity index (χ3v) is 7.29. The molecule has 3 saturated carbocycles. The second-order valence-corrected chi connectivity index (χ2v) is 10.4. The van der Waals surface area contributed by atoms with Crippen LogP contribution in [0.5, 0.6) is 11.5 Å². The van der Waals surface area contributed by atoms with Crippen LogP contribution in [0, 0.1) is 30.1 Å². The predicted octanol–water partition coefficient (Wildman–Crippen LogP) is 6.36. The van der Waals surface area contributed by atoms with Crippen LogP contribution < -0.4 is 4.74 Å². The first-order chi connectivity index (χ1) is 15.5. The van der Waals surface area contributed by atoms with Gasteiger partial charge in [0, 0.05) is 18.4 Å². The van der Waals surface area contributed by atoms with Gasteiger partial charge in [-0.2, -0.15) is 0 Å². The average Bonchev–Trinajstić information content (AvgIpc) is 2.76. The molecule has 3 aliphatic carbocycles. The molecule has 2 bridgehead atoms. The maximum atomic E-state index is 11.2. The molecule has 33 heavy (non-hydrogen) atoms. The van der Waals surface area contributed by atoms with E-state index in [0.29, 0.717) is 22.9 Å². The Morgan fingerprint density at radius 1 is 1.18 bits per heavy atom. The molecule has 184 valence electrons. The maximum absolute atomic E-state index is 11.2. The molecule has 0 aliphatic heterocycles. The summed E-state index contributed by atoms with van der Waals surface area (Å²) >= 11 is 0. The molecule has 1 aromatic rings. The number of hydrogen-bond acceptors (Lipinski definition) is 4. The molecule has 0 heterocycles. The number of ether oxygens (including phenoxy) is 1. The van der Waals surface area contributed by atoms with E-state index in [-0.39, 0.29) is 11.2 Å². The van der Waals surface area contributed by atoms with Crippen molar-refractivity contribution in [3.63, 3.8) is 0 Å². The minimum absolute atomic E-state index is 0.0756. The number of carbonyl (C=O) groups excluding carboxylic acids is 1. The fourth-order valence-electron chi connectivity index (χ4n) is 4.88. The number of hydrogen-bond donors (Lipinski definition) is 2. The third-order valence-electron chi connectivity index (χ3n) is 7.29. The van der Waals surface area contributed by atoms with Crippen molar-refractivity contribution in [1.29, 1.82) is 0 Å². The Bertz CT molecular complexity index is 804. The lowest BCUT2D eigenvalue weighted by Crippen LogP contribution is -2.52. The summed E-state index contributed by atoms with van der Waals surface area (Å²) in [5.74, 6) is 1.27. The fraction of sp³-hybridized carbons (Fsp3) is 0.643. The summed E-state index contributed by atoms with van der Waals surface area (Å²) in [7, 11) is 0. The molecule has 0 radical (unpaired) electrons. The highest BCUT2D eigenvalue weighted by Gasteiger charge is 2.53. The number of fused-ring (bicyclic) bond motifs is 2. The minimum atomic E-state index is -1.03. The second-order valence-electron chi connectivity index (χ2n) is 10.4. The summed E-state index contributed by atoms with van der Waals surface area (Å²) in [5, 5.41) is 18.5. The molecule has 2 N–H and O–H groups in total. The minimum Gasteiger partial charge on any atom is -0.508 e. The molecule has 5 heteroatoms. The Morgan fingerprint density at radius 2 is 1.85 bits per heavy atom. The quantitative estimate of drug-likeness (QED) is 0.332. The Labute approximate surface area is 199 Å². The van der Waals surface area contributed by atoms with E-state index in [4.69, 9.17) is 9.84 Å². The van der Waals surface area contributed by atoms with Crippen LogP contribution in [0.3, 0.4) is 0 Å². The topological polar surface area (TPSA) is 83.8 Å². The molecule has 5 nitrogen and oxygen atoms in total. The zero-order valence-corrected chi connectivity index (χ0v) is 21.0. The van der Waals surface area contributed by atoms with Crippen molar-refractivity contribution in [3.05, 3.63) is 23.8 Å². The van der Waals surface area contributed by atoms with Gasteiger partial charge in [0.2, 0.25) is 0 Å². The normalized spacial score (nSPS) is 20.3. The van der Waals surface area contributed by atoms with E-state index in [1.54, 1.807) is 6.07 Å². The Kier molecular flexibility index (Phi) is 11.0. The first-order valence-corrected chi connectivity index (χ1v) is 12.0. The molecular weight excluding hydrogens is 416 g/mol. The average molecular weight is 459 g/mol. The Balaban J connectivity index is 0.000000373. The number of aromatic hydroxyl groups is 1. The van der Waals surface area contributed by atoms with Crippen LogP contribution >= 0.6 is 0 Å². The van der Waals surface area contributed by atoms with Gasteiger partial charge in [-0.15, -0.1) is 12.8 Å². The van der Waals surface area contributed by atoms with Crippen molar-refractivity contribution in [2.75, 3.05) is 6.61 Å². The lowest BCUT2D eigenvalue weighted by molar-refractivity contribution is -0.148. The second kappa shape index (κ2) is 12.7. The number of terminal acetylenes is 1. The van der Waals surface area contributed by atoms with Crippen molar-refractivity contribution >= 4 is 11.8 Å². The molecule has 3 fully saturated rings. The Hall–Kier alpha value is -2.48. The number of carboxylic acids is 1. The van der Waals surface area contributed by atoms with Crippen molar-refractivity contribution in [3.8, 4) is 24.3 Å². The molecule has 4 rings (SSSR count). The lowest BCUT2D eigenvalue weighted by Gasteiger charge is -2.55. The number of aliphatic carboxylic acids is 1. The monoisotopic (exact) mass is 458 g/mol. The SMILES string of the molecule is C#C.CC1(C)[C@@H]2CCC(=O)[C@H]1C2.CCCCCCC(C)(C)c1cc(O)cc(OCC(=O)O)c1. The zero-order valence-electron chi connectivity index (χ0n) is 21.0. The van der Waals surface area contributed by atoms with E-state index in [9.17, 15) is 14.7 Å². The van der Waals surface area contributed by atoms with Gasteiger partial charge in [0.05, 0.1) is 0 Å². The van der Waals surface area contributed by atoms with E-state index < -0.39 is 12.6 Å². The van der Waals surface area contributed by atoms with Crippen molar-refractivity contribution in [2.24, 2.45) is 17.3 Å². The van der Waals surface area contributed by atoms with Gasteiger partial charge in [-0.05, 0) is 53.7 Å². The van der Waals surface area contributed by atoms with Crippen LogP contribution in [0.2, 0.25) is 0 Å². The lowest BCUT2D eigenvalue weighted by atomic mass is 9.48. The molecule has 0 aromatic heterocycles. The first kappa shape index (κ1) is 28.6. The van der Waals surface area contributed by atoms with Crippen molar-refractivity contribution in [1.82, 2.24) is 0 Å². The van der Waals surface area contributed by atoms with Gasteiger partial charge in [-0.25, -0.2) is 4.79 Å². The fourth-order valence-corrected chi connectivity index (χ4v) is 4.88. The number of benzene rings is 1. The first-order valence-electron chi connectivity index (χ1n) is 12.0. The van der Waals surface area contributed by atoms with Crippen LogP contribution in [-0.4, -0.2) is 28.6 Å². The molecule has 1 aromatic carbocycles. The standard InChI is InChI=1S/C17H26O4.C9H14O.C2H2/c1-4-5-6-7-8-17(2,3)13-9-14(18)11-15(10-13)21-12-16(19)20;1-9(2)6-3-4-8(10)7(9)5-6;1-2/h9-11,18H,4-8,12H2,1-3H3,(H,19,20);6-7H,3-5H2,1-2H3;1-2H/t;6-,7-;/m.1./s1. The van der Waals surface area contributed by atoms with Gasteiger partial charge in [-0.1, -0.05) is 60.3 Å². The highest BCUT2D eigenvalue weighted by Crippen LogP contribution is 2.57. The number of phenols is 1. The molecule has 0 saturated heterocycles. The number of unbranched alkanes of at least 4 members (excludes halogenated alkanes) is 3. The van der Waals surface area contributed by atoms with Gasteiger partial charge >= 0.3 is 5.97 Å². The van der Waals surface area contributed by atoms with Crippen LogP contribution in [-0.2, 0) is 15.0 Å². The molecule has 0 unspecified atom stereocenters. The summed E-state index contributed by atoms with van der Waals surface area (Å²) < 4.78 is 5.17. The van der Waals surface area contributed by atoms with Crippen molar-refractivity contribution in [2.45, 2.75) is 91.4 Å². The van der Waals surface area contributed by atoms with Crippen LogP contribution in [0.15, 0.2) is 18.2 Å². The number of ketones is 1. The highest BCUT2D eigenvalue weighted by atomic mass is 16.5. The van der Waals surface area contributed by atoms with Gasteiger partial charge in [0.25, 0.3) is 0 Å². The van der Waals surface area contributed by atoms with Gasteiger partial charge in [0.1, 0.15) is 17.3 Å². The summed E-state index contributed by atoms with van der Waals surface area (Å²) in [6, 6.07) is 5.00. The van der Waals surface area contributed by atoms with Crippen LogP contribution in [0.4, 0.5) is 0 Å². The van der Waals surface area contributed by atoms with E-state index in [0.717, 1.165) is 37.2 Å². The molecule has 0 amide bonds. The van der Waals surface area contributed by atoms with E-state index in [1.807, 2.05) is 6.07 Å². The van der Waals surface area contributed by atoms with Crippen molar-refractivity contribution < 1.29 is 24.5 Å². The number of rotatable bonds is 9. The number of carbonyl (C=O) groups is 2. The molecule has 3 aliphatic rings. The summed E-state index contributed by atoms with van der Waals surface area (Å²) in [5.41, 5.74) is 1.25. The number of carboxylic acid groups (broad SMARTS) is 1. The molecule has 2 atom stereocenters. The van der Waals surface area contributed by atoms with Gasteiger partial charge in [-0.3, -0.25) is 4.79 Å². The largest absolute Gasteiger partial charge is 0.508 e. The predicted molar refractivity (Wildman–Crippen MR) is 133 cm³/mol. The zero-order chi connectivity index (χ0) is 25.2. The third kappa shape index (κ3) is 8.11. The maximum Gasteiger partial charge on any atom is 0.341 e. The number of phenolic OH excluding ortho intramolecular Hbond substituents is 1. The molecule has 0 spiro atoms. The van der Waals surface area contributed by atoms with Gasteiger partial charge in [0.15, 0.2) is 6.61 Å². The van der Waals surface area contributed by atoms with Crippen LogP contribution in [0.1, 0.15) is 91.5 Å². The van der Waals surface area contributed by atoms with E-state index in [1.165, 1.54) is 31.7 Å². The van der Waals surface area contributed by atoms with Crippen LogP contribution in [0.25, 0.3) is 0 Å². The smallest absolute Gasteiger partial charge is 0.341 e.